The lowest BCUT2D eigenvalue weighted by Gasteiger charge is -2.21. The second kappa shape index (κ2) is 3.89. The molecule has 0 saturated carbocycles. The van der Waals surface area contributed by atoms with Crippen molar-refractivity contribution in [3.63, 3.8) is 0 Å². The van der Waals surface area contributed by atoms with Crippen molar-refractivity contribution in [2.24, 2.45) is 0 Å². The van der Waals surface area contributed by atoms with Gasteiger partial charge in [-0.15, -0.1) is 0 Å². The number of aromatic nitrogens is 1. The molecule has 16 heavy (non-hydrogen) atoms. The lowest BCUT2D eigenvalue weighted by molar-refractivity contribution is 0.392. The molecule has 2 nitrogen and oxygen atoms in total. The molecule has 0 aliphatic rings. The van der Waals surface area contributed by atoms with Crippen molar-refractivity contribution in [3.05, 3.63) is 29.7 Å². The van der Waals surface area contributed by atoms with Crippen molar-refractivity contribution in [1.29, 1.82) is 0 Å². The van der Waals surface area contributed by atoms with Crippen LogP contribution in [0.5, 0.6) is 0 Å². The average Bonchev–Trinajstić information content (AvgIpc) is 2.60. The molecular weight excluding hydrogens is 205 g/mol. The monoisotopic (exact) mass is 221 g/mol. The molecule has 1 heterocycles. The summed E-state index contributed by atoms with van der Waals surface area (Å²) in [5.74, 6) is -0.288. The molecule has 0 bridgehead atoms. The van der Waals surface area contributed by atoms with Crippen LogP contribution < -0.4 is 0 Å². The molecule has 0 spiro atoms. The van der Waals surface area contributed by atoms with Gasteiger partial charge in [-0.3, -0.25) is 0 Å². The molecule has 0 aliphatic carbocycles. The van der Waals surface area contributed by atoms with Gasteiger partial charge in [-0.2, -0.15) is 0 Å². The zero-order valence-corrected chi connectivity index (χ0v) is 9.88. The average molecular weight is 221 g/mol. The van der Waals surface area contributed by atoms with Gasteiger partial charge in [0, 0.05) is 16.9 Å². The van der Waals surface area contributed by atoms with Gasteiger partial charge >= 0.3 is 0 Å². The van der Waals surface area contributed by atoms with Gasteiger partial charge in [-0.05, 0) is 18.6 Å². The van der Waals surface area contributed by atoms with E-state index in [-0.39, 0.29) is 11.2 Å². The molecule has 3 heteroatoms. The summed E-state index contributed by atoms with van der Waals surface area (Å²) >= 11 is 0. The molecule has 0 aliphatic heterocycles. The maximum Gasteiger partial charge on any atom is 0.170 e. The first-order valence-electron chi connectivity index (χ1n) is 5.60. The first-order chi connectivity index (χ1) is 7.54. The Morgan fingerprint density at radius 1 is 1.38 bits per heavy atom. The summed E-state index contributed by atoms with van der Waals surface area (Å²) in [7, 11) is 0. The smallest absolute Gasteiger partial charge is 0.170 e. The maximum absolute atomic E-state index is 13.0. The summed E-state index contributed by atoms with van der Waals surface area (Å²) in [5, 5.41) is 5.00. The Hall–Kier alpha value is -1.38. The Kier molecular flexibility index (Phi) is 2.70. The Morgan fingerprint density at radius 3 is 2.81 bits per heavy atom. The van der Waals surface area contributed by atoms with E-state index in [1.807, 2.05) is 0 Å². The Morgan fingerprint density at radius 2 is 2.12 bits per heavy atom. The van der Waals surface area contributed by atoms with Gasteiger partial charge in [-0.25, -0.2) is 4.39 Å². The first kappa shape index (κ1) is 11.1. The van der Waals surface area contributed by atoms with Crippen molar-refractivity contribution in [2.45, 2.75) is 39.0 Å². The number of benzene rings is 1. The molecule has 0 saturated heterocycles. The van der Waals surface area contributed by atoms with Gasteiger partial charge in [0.25, 0.3) is 0 Å². The van der Waals surface area contributed by atoms with Crippen LogP contribution in [-0.4, -0.2) is 5.16 Å². The zero-order valence-electron chi connectivity index (χ0n) is 9.88. The SMILES string of the molecule is CCCC(C)(C)c1noc2cc(F)ccc12. The fourth-order valence-corrected chi connectivity index (χ4v) is 2.14. The molecule has 0 unspecified atom stereocenters. The highest BCUT2D eigenvalue weighted by Crippen LogP contribution is 2.33. The largest absolute Gasteiger partial charge is 0.356 e. The van der Waals surface area contributed by atoms with Crippen LogP contribution in [0.4, 0.5) is 4.39 Å². The fourth-order valence-electron chi connectivity index (χ4n) is 2.14. The minimum atomic E-state index is -0.288. The number of fused-ring (bicyclic) bond motifs is 1. The molecule has 2 aromatic rings. The van der Waals surface area contributed by atoms with Gasteiger partial charge in [0.2, 0.25) is 0 Å². The van der Waals surface area contributed by atoms with E-state index in [0.717, 1.165) is 23.9 Å². The molecule has 0 amide bonds. The van der Waals surface area contributed by atoms with Crippen LogP contribution >= 0.6 is 0 Å². The predicted octanol–water partition coefficient (Wildman–Crippen LogP) is 4.04. The molecule has 0 fully saturated rings. The lowest BCUT2D eigenvalue weighted by Crippen LogP contribution is -2.17. The van der Waals surface area contributed by atoms with Gasteiger partial charge in [0.1, 0.15) is 5.82 Å². The van der Waals surface area contributed by atoms with E-state index in [9.17, 15) is 4.39 Å². The normalized spacial score (nSPS) is 12.2. The molecule has 0 radical (unpaired) electrons. The van der Waals surface area contributed by atoms with Crippen molar-refractivity contribution in [3.8, 4) is 0 Å². The van der Waals surface area contributed by atoms with Crippen molar-refractivity contribution < 1.29 is 8.91 Å². The number of rotatable bonds is 3. The third-order valence-electron chi connectivity index (χ3n) is 2.95. The summed E-state index contributed by atoms with van der Waals surface area (Å²) in [6, 6.07) is 4.58. The standard InChI is InChI=1S/C13H16FNO/c1-4-7-13(2,3)12-10-6-5-9(14)8-11(10)16-15-12/h5-6,8H,4,7H2,1-3H3. The highest BCUT2D eigenvalue weighted by atomic mass is 19.1. The van der Waals surface area contributed by atoms with Crippen LogP contribution in [0.1, 0.15) is 39.3 Å². The van der Waals surface area contributed by atoms with Crippen LogP contribution in [0.25, 0.3) is 11.0 Å². The van der Waals surface area contributed by atoms with E-state index < -0.39 is 0 Å². The number of nitrogens with zero attached hydrogens (tertiary/aromatic N) is 1. The number of hydrogen-bond donors (Lipinski definition) is 0. The van der Waals surface area contributed by atoms with Crippen LogP contribution in [0, 0.1) is 5.82 Å². The van der Waals surface area contributed by atoms with E-state index in [2.05, 4.69) is 25.9 Å². The minimum absolute atomic E-state index is 0.0299. The van der Waals surface area contributed by atoms with E-state index >= 15 is 0 Å². The number of hydrogen-bond acceptors (Lipinski definition) is 2. The first-order valence-corrected chi connectivity index (χ1v) is 5.60. The van der Waals surface area contributed by atoms with Crippen LogP contribution in [0.3, 0.4) is 0 Å². The Balaban J connectivity index is 2.53. The summed E-state index contributed by atoms with van der Waals surface area (Å²) in [4.78, 5) is 0. The fraction of sp³-hybridized carbons (Fsp3) is 0.462. The highest BCUT2D eigenvalue weighted by molar-refractivity contribution is 5.80. The topological polar surface area (TPSA) is 26.0 Å². The van der Waals surface area contributed by atoms with Crippen LogP contribution in [0.15, 0.2) is 22.7 Å². The van der Waals surface area contributed by atoms with E-state index in [1.54, 1.807) is 6.07 Å². The minimum Gasteiger partial charge on any atom is -0.356 e. The van der Waals surface area contributed by atoms with E-state index in [4.69, 9.17) is 4.52 Å². The third-order valence-corrected chi connectivity index (χ3v) is 2.95. The predicted molar refractivity (Wildman–Crippen MR) is 61.9 cm³/mol. The number of halogens is 1. The Bertz CT molecular complexity index is 502. The van der Waals surface area contributed by atoms with Crippen molar-refractivity contribution >= 4 is 11.0 Å². The molecule has 0 atom stereocenters. The second-order valence-corrected chi connectivity index (χ2v) is 4.81. The van der Waals surface area contributed by atoms with E-state index in [1.165, 1.54) is 12.1 Å². The van der Waals surface area contributed by atoms with Gasteiger partial charge in [-0.1, -0.05) is 32.3 Å². The van der Waals surface area contributed by atoms with Gasteiger partial charge in [0.15, 0.2) is 5.58 Å². The summed E-state index contributed by atoms with van der Waals surface area (Å²) in [5.41, 5.74) is 1.42. The highest BCUT2D eigenvalue weighted by Gasteiger charge is 2.26. The molecule has 1 aromatic heterocycles. The van der Waals surface area contributed by atoms with Crippen LogP contribution in [0.2, 0.25) is 0 Å². The summed E-state index contributed by atoms with van der Waals surface area (Å²) < 4.78 is 18.2. The third kappa shape index (κ3) is 1.82. The molecule has 0 N–H and O–H groups in total. The van der Waals surface area contributed by atoms with Crippen molar-refractivity contribution in [1.82, 2.24) is 5.16 Å². The maximum atomic E-state index is 13.0. The summed E-state index contributed by atoms with van der Waals surface area (Å²) in [6.45, 7) is 6.41. The van der Waals surface area contributed by atoms with Gasteiger partial charge in [0.05, 0.1) is 5.69 Å². The zero-order chi connectivity index (χ0) is 11.8. The lowest BCUT2D eigenvalue weighted by atomic mass is 9.83. The second-order valence-electron chi connectivity index (χ2n) is 4.81. The van der Waals surface area contributed by atoms with E-state index in [0.29, 0.717) is 5.58 Å². The Labute approximate surface area is 94.4 Å². The summed E-state index contributed by atoms with van der Waals surface area (Å²) in [6.07, 6.45) is 2.12. The molecular formula is C13H16FNO. The quantitative estimate of drug-likeness (QED) is 0.781. The van der Waals surface area contributed by atoms with Crippen LogP contribution in [-0.2, 0) is 5.41 Å². The molecule has 1 aromatic carbocycles. The molecule has 86 valence electrons. The molecule has 2 rings (SSSR count). The van der Waals surface area contributed by atoms with Gasteiger partial charge < -0.3 is 4.52 Å². The van der Waals surface area contributed by atoms with Crippen molar-refractivity contribution in [2.75, 3.05) is 0 Å².